The molecular formula is C40H25N3O2. The van der Waals surface area contributed by atoms with Crippen molar-refractivity contribution in [1.82, 2.24) is 9.97 Å². The molecule has 0 saturated heterocycles. The van der Waals surface area contributed by atoms with Crippen molar-refractivity contribution in [3.8, 4) is 22.3 Å². The third kappa shape index (κ3) is 4.17. The molecule has 4 heterocycles. The number of rotatable bonds is 5. The Balaban J connectivity index is 1.30. The fourth-order valence-corrected chi connectivity index (χ4v) is 6.36. The second-order valence-corrected chi connectivity index (χ2v) is 11.0. The van der Waals surface area contributed by atoms with Gasteiger partial charge in [0, 0.05) is 34.4 Å². The average molecular weight is 580 g/mol. The van der Waals surface area contributed by atoms with E-state index in [1.807, 2.05) is 36.4 Å². The van der Waals surface area contributed by atoms with E-state index in [0.29, 0.717) is 11.4 Å². The maximum Gasteiger partial charge on any atom is 0.227 e. The van der Waals surface area contributed by atoms with E-state index < -0.39 is 0 Å². The third-order valence-corrected chi connectivity index (χ3v) is 8.43. The molecule has 0 bridgehead atoms. The molecule has 9 rings (SSSR count). The first-order valence-electron chi connectivity index (χ1n) is 14.9. The number of pyridine rings is 2. The van der Waals surface area contributed by atoms with E-state index in [1.165, 1.54) is 11.1 Å². The van der Waals surface area contributed by atoms with Gasteiger partial charge >= 0.3 is 0 Å². The van der Waals surface area contributed by atoms with Gasteiger partial charge in [-0.25, -0.2) is 9.97 Å². The Morgan fingerprint density at radius 3 is 1.96 bits per heavy atom. The first-order chi connectivity index (χ1) is 22.3. The lowest BCUT2D eigenvalue weighted by atomic mass is 9.98. The summed E-state index contributed by atoms with van der Waals surface area (Å²) in [6.45, 7) is 0. The van der Waals surface area contributed by atoms with Gasteiger partial charge in [-0.05, 0) is 77.4 Å². The first kappa shape index (κ1) is 25.3. The van der Waals surface area contributed by atoms with Crippen LogP contribution in [0, 0.1) is 0 Å². The minimum absolute atomic E-state index is 0.618. The van der Waals surface area contributed by atoms with Gasteiger partial charge in [0.15, 0.2) is 0 Å². The van der Waals surface area contributed by atoms with Crippen LogP contribution in [-0.2, 0) is 0 Å². The van der Waals surface area contributed by atoms with Crippen LogP contribution in [-0.4, -0.2) is 9.97 Å². The predicted molar refractivity (Wildman–Crippen MR) is 182 cm³/mol. The Morgan fingerprint density at radius 2 is 1.11 bits per heavy atom. The molecule has 212 valence electrons. The smallest absolute Gasteiger partial charge is 0.227 e. The van der Waals surface area contributed by atoms with Crippen molar-refractivity contribution in [2.24, 2.45) is 0 Å². The summed E-state index contributed by atoms with van der Waals surface area (Å²) in [5.41, 5.74) is 10.5. The SMILES string of the molecule is c1ccc(-c2ccc(-c3ccccc3N(c3ccc4oc5ncccc5c4c3)c3cccc4oc5ncccc5c34)cc2)cc1. The van der Waals surface area contributed by atoms with Crippen LogP contribution in [0.2, 0.25) is 0 Å². The van der Waals surface area contributed by atoms with Crippen LogP contribution < -0.4 is 4.90 Å². The van der Waals surface area contributed by atoms with Crippen LogP contribution in [0.25, 0.3) is 66.4 Å². The Hall–Kier alpha value is -6.20. The van der Waals surface area contributed by atoms with Crippen molar-refractivity contribution in [3.63, 3.8) is 0 Å². The fraction of sp³-hybridized carbons (Fsp3) is 0. The highest BCUT2D eigenvalue weighted by Gasteiger charge is 2.23. The molecule has 0 aliphatic heterocycles. The molecule has 0 spiro atoms. The summed E-state index contributed by atoms with van der Waals surface area (Å²) in [6.07, 6.45) is 3.53. The summed E-state index contributed by atoms with van der Waals surface area (Å²) in [4.78, 5) is 11.3. The van der Waals surface area contributed by atoms with Crippen molar-refractivity contribution < 1.29 is 8.83 Å². The Morgan fingerprint density at radius 1 is 0.444 bits per heavy atom. The standard InChI is InChI=1S/C40H25N3O2/c1-2-9-26(10-3-1)27-17-19-28(20-18-27)30-11-4-5-14-34(30)43(29-21-22-36-33(25-29)31-12-7-23-41-39(31)44-36)35-15-6-16-37-38(35)32-13-8-24-42-40(32)45-37/h1-25H. The number of benzene rings is 5. The normalized spacial score (nSPS) is 11.6. The summed E-state index contributed by atoms with van der Waals surface area (Å²) in [5, 5.41) is 3.97. The number of fused-ring (bicyclic) bond motifs is 6. The van der Waals surface area contributed by atoms with E-state index in [4.69, 9.17) is 8.83 Å². The minimum Gasteiger partial charge on any atom is -0.438 e. The Bertz CT molecular complexity index is 2490. The highest BCUT2D eigenvalue weighted by molar-refractivity contribution is 6.14. The van der Waals surface area contributed by atoms with Crippen LogP contribution in [0.5, 0.6) is 0 Å². The molecule has 0 atom stereocenters. The maximum absolute atomic E-state index is 6.24. The highest BCUT2D eigenvalue weighted by Crippen LogP contribution is 2.46. The van der Waals surface area contributed by atoms with Gasteiger partial charge in [-0.15, -0.1) is 0 Å². The zero-order valence-corrected chi connectivity index (χ0v) is 24.1. The van der Waals surface area contributed by atoms with E-state index in [1.54, 1.807) is 12.4 Å². The largest absolute Gasteiger partial charge is 0.438 e. The molecule has 0 N–H and O–H groups in total. The Labute approximate surface area is 258 Å². The number of hydrogen-bond acceptors (Lipinski definition) is 5. The van der Waals surface area contributed by atoms with Crippen LogP contribution in [0.4, 0.5) is 17.1 Å². The van der Waals surface area contributed by atoms with Crippen LogP contribution in [0.1, 0.15) is 0 Å². The fourth-order valence-electron chi connectivity index (χ4n) is 6.36. The number of nitrogens with zero attached hydrogens (tertiary/aromatic N) is 3. The maximum atomic E-state index is 6.24. The molecule has 45 heavy (non-hydrogen) atoms. The average Bonchev–Trinajstić information content (AvgIpc) is 3.68. The number of anilines is 3. The van der Waals surface area contributed by atoms with Crippen molar-refractivity contribution >= 4 is 61.2 Å². The number of aromatic nitrogens is 2. The lowest BCUT2D eigenvalue weighted by Crippen LogP contribution is -2.11. The van der Waals surface area contributed by atoms with E-state index in [0.717, 1.165) is 60.9 Å². The monoisotopic (exact) mass is 579 g/mol. The third-order valence-electron chi connectivity index (χ3n) is 8.43. The molecule has 0 saturated carbocycles. The second kappa shape index (κ2) is 10.2. The number of hydrogen-bond donors (Lipinski definition) is 0. The van der Waals surface area contributed by atoms with Gasteiger partial charge in [-0.3, -0.25) is 0 Å². The van der Waals surface area contributed by atoms with Crippen molar-refractivity contribution in [2.45, 2.75) is 0 Å². The van der Waals surface area contributed by atoms with Gasteiger partial charge in [-0.2, -0.15) is 0 Å². The van der Waals surface area contributed by atoms with Crippen LogP contribution in [0.15, 0.2) is 161 Å². The molecular weight excluding hydrogens is 554 g/mol. The molecule has 5 aromatic carbocycles. The molecule has 0 aliphatic rings. The van der Waals surface area contributed by atoms with Crippen LogP contribution >= 0.6 is 0 Å². The molecule has 0 aliphatic carbocycles. The van der Waals surface area contributed by atoms with E-state index in [9.17, 15) is 0 Å². The van der Waals surface area contributed by atoms with Gasteiger partial charge in [0.1, 0.15) is 11.2 Å². The predicted octanol–water partition coefficient (Wildman–Crippen LogP) is 11.1. The van der Waals surface area contributed by atoms with Crippen molar-refractivity contribution in [2.75, 3.05) is 4.90 Å². The van der Waals surface area contributed by atoms with Gasteiger partial charge in [0.25, 0.3) is 0 Å². The zero-order chi connectivity index (χ0) is 29.7. The molecule has 0 fully saturated rings. The van der Waals surface area contributed by atoms with Gasteiger partial charge in [0.2, 0.25) is 11.4 Å². The number of furan rings is 2. The first-order valence-corrected chi connectivity index (χ1v) is 14.9. The van der Waals surface area contributed by atoms with Crippen LogP contribution in [0.3, 0.4) is 0 Å². The highest BCUT2D eigenvalue weighted by atomic mass is 16.3. The topological polar surface area (TPSA) is 55.3 Å². The summed E-state index contributed by atoms with van der Waals surface area (Å²) in [7, 11) is 0. The lowest BCUT2D eigenvalue weighted by Gasteiger charge is -2.28. The van der Waals surface area contributed by atoms with E-state index in [-0.39, 0.29) is 0 Å². The second-order valence-electron chi connectivity index (χ2n) is 11.0. The molecule has 9 aromatic rings. The Kier molecular flexibility index (Phi) is 5.74. The van der Waals surface area contributed by atoms with Gasteiger partial charge in [-0.1, -0.05) is 78.9 Å². The molecule has 0 unspecified atom stereocenters. The molecule has 0 amide bonds. The van der Waals surface area contributed by atoms with Gasteiger partial charge < -0.3 is 13.7 Å². The minimum atomic E-state index is 0.618. The summed E-state index contributed by atoms with van der Waals surface area (Å²) in [6, 6.07) is 48.4. The van der Waals surface area contributed by atoms with Gasteiger partial charge in [0.05, 0.1) is 22.1 Å². The lowest BCUT2D eigenvalue weighted by molar-refractivity contribution is 0.653. The number of para-hydroxylation sites is 1. The molecule has 5 heteroatoms. The molecule has 0 radical (unpaired) electrons. The zero-order valence-electron chi connectivity index (χ0n) is 24.1. The van der Waals surface area contributed by atoms with E-state index in [2.05, 4.69) is 118 Å². The summed E-state index contributed by atoms with van der Waals surface area (Å²) < 4.78 is 12.3. The van der Waals surface area contributed by atoms with Crippen molar-refractivity contribution in [3.05, 3.63) is 152 Å². The quantitative estimate of drug-likeness (QED) is 0.203. The van der Waals surface area contributed by atoms with Crippen molar-refractivity contribution in [1.29, 1.82) is 0 Å². The summed E-state index contributed by atoms with van der Waals surface area (Å²) >= 11 is 0. The molecule has 5 nitrogen and oxygen atoms in total. The molecule has 4 aromatic heterocycles. The van der Waals surface area contributed by atoms with E-state index >= 15 is 0 Å². The summed E-state index contributed by atoms with van der Waals surface area (Å²) in [5.74, 6) is 0.